The van der Waals surface area contributed by atoms with Gasteiger partial charge < -0.3 is 15.0 Å². The highest BCUT2D eigenvalue weighted by molar-refractivity contribution is 5.95. The Labute approximate surface area is 170 Å². The third-order valence-corrected chi connectivity index (χ3v) is 5.27. The first-order valence-electron chi connectivity index (χ1n) is 9.81. The van der Waals surface area contributed by atoms with Crippen LogP contribution in [0.25, 0.3) is 0 Å². The Balaban J connectivity index is 1.49. The number of carbonyl (C=O) groups excluding carboxylic acids is 3. The maximum atomic E-state index is 12.5. The molecule has 0 saturated heterocycles. The molecule has 0 radical (unpaired) electrons. The number of aryl methyl sites for hydroxylation is 1. The van der Waals surface area contributed by atoms with E-state index in [1.165, 1.54) is 11.9 Å². The van der Waals surface area contributed by atoms with Crippen LogP contribution in [0.2, 0.25) is 0 Å². The van der Waals surface area contributed by atoms with Crippen molar-refractivity contribution < 1.29 is 19.1 Å². The zero-order valence-corrected chi connectivity index (χ0v) is 16.8. The molecule has 0 bridgehead atoms. The first kappa shape index (κ1) is 20.6. The fourth-order valence-electron chi connectivity index (χ4n) is 3.31. The summed E-state index contributed by atoms with van der Waals surface area (Å²) in [6.45, 7) is 1.53. The SMILES string of the molecule is CCc1ccccc1NC(=O)CN(C)C(=O)COC(=O)C1(c2ccccc2)CC1. The Bertz CT molecular complexity index is 891. The van der Waals surface area contributed by atoms with Crippen LogP contribution in [0.15, 0.2) is 54.6 Å². The number of benzene rings is 2. The highest BCUT2D eigenvalue weighted by Gasteiger charge is 2.52. The molecular weight excluding hydrogens is 368 g/mol. The molecule has 152 valence electrons. The molecule has 3 rings (SSSR count). The van der Waals surface area contributed by atoms with Gasteiger partial charge in [-0.2, -0.15) is 0 Å². The van der Waals surface area contributed by atoms with Crippen LogP contribution in [-0.2, 0) is 31.0 Å². The molecule has 2 aromatic carbocycles. The molecule has 0 aliphatic heterocycles. The molecular formula is C23H26N2O4. The van der Waals surface area contributed by atoms with E-state index < -0.39 is 11.3 Å². The van der Waals surface area contributed by atoms with Gasteiger partial charge >= 0.3 is 5.97 Å². The predicted octanol–water partition coefficient (Wildman–Crippen LogP) is 2.92. The van der Waals surface area contributed by atoms with Gasteiger partial charge in [0, 0.05) is 12.7 Å². The van der Waals surface area contributed by atoms with Crippen molar-refractivity contribution in [3.05, 3.63) is 65.7 Å². The number of rotatable bonds is 8. The first-order valence-corrected chi connectivity index (χ1v) is 9.81. The van der Waals surface area contributed by atoms with E-state index in [0.29, 0.717) is 0 Å². The highest BCUT2D eigenvalue weighted by Crippen LogP contribution is 2.49. The second-order valence-corrected chi connectivity index (χ2v) is 7.33. The lowest BCUT2D eigenvalue weighted by Crippen LogP contribution is -2.38. The van der Waals surface area contributed by atoms with Crippen molar-refractivity contribution in [2.45, 2.75) is 31.6 Å². The molecule has 6 heteroatoms. The zero-order valence-electron chi connectivity index (χ0n) is 16.8. The molecule has 0 spiro atoms. The minimum absolute atomic E-state index is 0.113. The Morgan fingerprint density at radius 3 is 2.34 bits per heavy atom. The summed E-state index contributed by atoms with van der Waals surface area (Å²) in [4.78, 5) is 38.4. The van der Waals surface area contributed by atoms with Crippen LogP contribution in [0, 0.1) is 0 Å². The number of esters is 1. The lowest BCUT2D eigenvalue weighted by atomic mass is 9.96. The third kappa shape index (κ3) is 4.83. The van der Waals surface area contributed by atoms with Gasteiger partial charge in [-0.25, -0.2) is 0 Å². The van der Waals surface area contributed by atoms with Gasteiger partial charge in [0.05, 0.1) is 12.0 Å². The number of carbonyl (C=O) groups is 3. The summed E-state index contributed by atoms with van der Waals surface area (Å²) in [5.74, 6) is -1.09. The minimum atomic E-state index is -0.624. The molecule has 0 aromatic heterocycles. The van der Waals surface area contributed by atoms with E-state index in [4.69, 9.17) is 4.74 Å². The van der Waals surface area contributed by atoms with E-state index in [9.17, 15) is 14.4 Å². The van der Waals surface area contributed by atoms with Gasteiger partial charge in [0.1, 0.15) is 0 Å². The molecule has 1 saturated carbocycles. The number of nitrogens with zero attached hydrogens (tertiary/aromatic N) is 1. The van der Waals surface area contributed by atoms with Crippen molar-refractivity contribution in [1.82, 2.24) is 4.90 Å². The Hall–Kier alpha value is -3.15. The van der Waals surface area contributed by atoms with Crippen LogP contribution in [-0.4, -0.2) is 42.9 Å². The zero-order chi connectivity index (χ0) is 20.9. The second kappa shape index (κ2) is 8.90. The van der Waals surface area contributed by atoms with Gasteiger partial charge in [-0.05, 0) is 36.5 Å². The van der Waals surface area contributed by atoms with Crippen LogP contribution < -0.4 is 5.32 Å². The lowest BCUT2D eigenvalue weighted by molar-refractivity contribution is -0.154. The topological polar surface area (TPSA) is 75.7 Å². The van der Waals surface area contributed by atoms with Gasteiger partial charge in [0.2, 0.25) is 5.91 Å². The van der Waals surface area contributed by atoms with E-state index >= 15 is 0 Å². The van der Waals surface area contributed by atoms with Gasteiger partial charge in [-0.3, -0.25) is 14.4 Å². The number of para-hydroxylation sites is 1. The monoisotopic (exact) mass is 394 g/mol. The van der Waals surface area contributed by atoms with Gasteiger partial charge in [0.25, 0.3) is 5.91 Å². The van der Waals surface area contributed by atoms with Gasteiger partial charge in [-0.15, -0.1) is 0 Å². The van der Waals surface area contributed by atoms with Crippen molar-refractivity contribution in [3.63, 3.8) is 0 Å². The maximum Gasteiger partial charge on any atom is 0.317 e. The fourth-order valence-corrected chi connectivity index (χ4v) is 3.31. The van der Waals surface area contributed by atoms with E-state index in [1.807, 2.05) is 61.5 Å². The number of nitrogens with one attached hydrogen (secondary N) is 1. The number of hydrogen-bond donors (Lipinski definition) is 1. The van der Waals surface area contributed by atoms with Crippen LogP contribution >= 0.6 is 0 Å². The largest absolute Gasteiger partial charge is 0.455 e. The third-order valence-electron chi connectivity index (χ3n) is 5.27. The Morgan fingerprint density at radius 2 is 1.69 bits per heavy atom. The molecule has 1 aliphatic carbocycles. The number of amides is 2. The van der Waals surface area contributed by atoms with Crippen molar-refractivity contribution in [3.8, 4) is 0 Å². The summed E-state index contributed by atoms with van der Waals surface area (Å²) in [6.07, 6.45) is 2.24. The molecule has 1 N–H and O–H groups in total. The molecule has 0 atom stereocenters. The molecule has 2 amide bonds. The van der Waals surface area contributed by atoms with Gasteiger partial charge in [0.15, 0.2) is 6.61 Å². The molecule has 1 fully saturated rings. The predicted molar refractivity (Wildman–Crippen MR) is 110 cm³/mol. The van der Waals surface area contributed by atoms with E-state index in [2.05, 4.69) is 5.32 Å². The average Bonchev–Trinajstić information content (AvgIpc) is 3.54. The van der Waals surface area contributed by atoms with Crippen molar-refractivity contribution in [2.75, 3.05) is 25.5 Å². The van der Waals surface area contributed by atoms with Crippen LogP contribution in [0.1, 0.15) is 30.9 Å². The summed E-state index contributed by atoms with van der Waals surface area (Å²) in [5, 5.41) is 2.83. The summed E-state index contributed by atoms with van der Waals surface area (Å²) >= 11 is 0. The first-order chi connectivity index (χ1) is 14.0. The summed E-state index contributed by atoms with van der Waals surface area (Å²) in [7, 11) is 1.52. The normalized spacial score (nSPS) is 14.0. The van der Waals surface area contributed by atoms with Crippen molar-refractivity contribution >= 4 is 23.5 Å². The Kier molecular flexibility index (Phi) is 6.32. The summed E-state index contributed by atoms with van der Waals surface area (Å²) in [5.41, 5.74) is 2.06. The summed E-state index contributed by atoms with van der Waals surface area (Å²) < 4.78 is 5.28. The van der Waals surface area contributed by atoms with Crippen LogP contribution in [0.3, 0.4) is 0 Å². The van der Waals surface area contributed by atoms with Crippen LogP contribution in [0.4, 0.5) is 5.69 Å². The smallest absolute Gasteiger partial charge is 0.317 e. The average molecular weight is 394 g/mol. The standard InChI is InChI=1S/C23H26N2O4/c1-3-17-9-7-8-12-19(17)24-20(26)15-25(2)21(27)16-29-22(28)23(13-14-23)18-10-5-4-6-11-18/h4-12H,3,13-16H2,1-2H3,(H,24,26). The molecule has 6 nitrogen and oxygen atoms in total. The molecule has 2 aromatic rings. The van der Waals surface area contributed by atoms with E-state index in [1.54, 1.807) is 0 Å². The molecule has 29 heavy (non-hydrogen) atoms. The number of likely N-dealkylation sites (N-methyl/N-ethyl adjacent to an activating group) is 1. The van der Waals surface area contributed by atoms with E-state index in [-0.39, 0.29) is 25.0 Å². The summed E-state index contributed by atoms with van der Waals surface area (Å²) in [6, 6.07) is 17.0. The quantitative estimate of drug-likeness (QED) is 0.699. The van der Waals surface area contributed by atoms with Crippen molar-refractivity contribution in [2.24, 2.45) is 0 Å². The Morgan fingerprint density at radius 1 is 1.03 bits per heavy atom. The van der Waals surface area contributed by atoms with E-state index in [0.717, 1.165) is 36.1 Å². The lowest BCUT2D eigenvalue weighted by Gasteiger charge is -2.19. The molecule has 0 heterocycles. The maximum absolute atomic E-state index is 12.5. The molecule has 0 unspecified atom stereocenters. The van der Waals surface area contributed by atoms with Crippen molar-refractivity contribution in [1.29, 1.82) is 0 Å². The van der Waals surface area contributed by atoms with Gasteiger partial charge in [-0.1, -0.05) is 55.5 Å². The number of anilines is 1. The number of hydrogen-bond acceptors (Lipinski definition) is 4. The molecule has 1 aliphatic rings. The number of ether oxygens (including phenoxy) is 1. The fraction of sp³-hybridized carbons (Fsp3) is 0.348. The highest BCUT2D eigenvalue weighted by atomic mass is 16.5. The van der Waals surface area contributed by atoms with Crippen LogP contribution in [0.5, 0.6) is 0 Å². The minimum Gasteiger partial charge on any atom is -0.455 e. The second-order valence-electron chi connectivity index (χ2n) is 7.33.